The SMILES string of the molecule is Cc1ccc2nc(NC(=O)[C@@H](NC(=O)c3ccccc3)C(C)C)sc2c1. The second kappa shape index (κ2) is 7.66. The van der Waals surface area contributed by atoms with Crippen LogP contribution < -0.4 is 10.6 Å². The van der Waals surface area contributed by atoms with Crippen molar-refractivity contribution >= 4 is 38.5 Å². The normalized spacial score (nSPS) is 12.2. The van der Waals surface area contributed by atoms with E-state index >= 15 is 0 Å². The van der Waals surface area contributed by atoms with E-state index in [-0.39, 0.29) is 17.7 Å². The van der Waals surface area contributed by atoms with Crippen molar-refractivity contribution in [1.82, 2.24) is 10.3 Å². The zero-order valence-corrected chi connectivity index (χ0v) is 15.8. The predicted molar refractivity (Wildman–Crippen MR) is 106 cm³/mol. The van der Waals surface area contributed by atoms with Crippen LogP contribution in [0.4, 0.5) is 5.13 Å². The van der Waals surface area contributed by atoms with Crippen molar-refractivity contribution in [3.8, 4) is 0 Å². The molecule has 1 atom stereocenters. The highest BCUT2D eigenvalue weighted by molar-refractivity contribution is 7.22. The van der Waals surface area contributed by atoms with Crippen LogP contribution in [0.25, 0.3) is 10.2 Å². The lowest BCUT2D eigenvalue weighted by Gasteiger charge is -2.21. The highest BCUT2D eigenvalue weighted by atomic mass is 32.1. The van der Waals surface area contributed by atoms with Gasteiger partial charge < -0.3 is 10.6 Å². The van der Waals surface area contributed by atoms with Crippen molar-refractivity contribution in [3.63, 3.8) is 0 Å². The molecule has 134 valence electrons. The summed E-state index contributed by atoms with van der Waals surface area (Å²) in [7, 11) is 0. The molecular formula is C20H21N3O2S. The Kier molecular flexibility index (Phi) is 5.32. The Hall–Kier alpha value is -2.73. The average molecular weight is 367 g/mol. The van der Waals surface area contributed by atoms with Crippen LogP contribution in [0.1, 0.15) is 29.8 Å². The van der Waals surface area contributed by atoms with Gasteiger partial charge in [0.1, 0.15) is 6.04 Å². The predicted octanol–water partition coefficient (Wildman–Crippen LogP) is 4.00. The van der Waals surface area contributed by atoms with E-state index in [9.17, 15) is 9.59 Å². The number of rotatable bonds is 5. The summed E-state index contributed by atoms with van der Waals surface area (Å²) in [6.45, 7) is 5.82. The molecule has 26 heavy (non-hydrogen) atoms. The number of carbonyl (C=O) groups excluding carboxylic acids is 2. The van der Waals surface area contributed by atoms with Crippen molar-refractivity contribution < 1.29 is 9.59 Å². The molecule has 0 aliphatic carbocycles. The van der Waals surface area contributed by atoms with Gasteiger partial charge in [-0.15, -0.1) is 0 Å². The number of hydrogen-bond acceptors (Lipinski definition) is 4. The Morgan fingerprint density at radius 3 is 2.50 bits per heavy atom. The van der Waals surface area contributed by atoms with Gasteiger partial charge in [-0.25, -0.2) is 4.98 Å². The largest absolute Gasteiger partial charge is 0.340 e. The van der Waals surface area contributed by atoms with Crippen LogP contribution in [-0.2, 0) is 4.79 Å². The van der Waals surface area contributed by atoms with Gasteiger partial charge in [-0.3, -0.25) is 9.59 Å². The molecule has 0 fully saturated rings. The molecule has 2 aromatic carbocycles. The first-order valence-electron chi connectivity index (χ1n) is 8.48. The lowest BCUT2D eigenvalue weighted by atomic mass is 10.0. The minimum atomic E-state index is -0.642. The summed E-state index contributed by atoms with van der Waals surface area (Å²) in [4.78, 5) is 29.5. The molecule has 0 aliphatic rings. The zero-order chi connectivity index (χ0) is 18.7. The summed E-state index contributed by atoms with van der Waals surface area (Å²) < 4.78 is 1.02. The smallest absolute Gasteiger partial charge is 0.251 e. The van der Waals surface area contributed by atoms with Crippen LogP contribution in [0.3, 0.4) is 0 Å². The van der Waals surface area contributed by atoms with Gasteiger partial charge in [0.25, 0.3) is 5.91 Å². The second-order valence-corrected chi connectivity index (χ2v) is 7.57. The fourth-order valence-electron chi connectivity index (χ4n) is 2.62. The van der Waals surface area contributed by atoms with Gasteiger partial charge in [0.05, 0.1) is 10.2 Å². The standard InChI is InChI=1S/C20H21N3O2S/c1-12(2)17(22-18(24)14-7-5-4-6-8-14)19(25)23-20-21-15-10-9-13(3)11-16(15)26-20/h4-12,17H,1-3H3,(H,22,24)(H,21,23,25)/t17-/m0/s1. The van der Waals surface area contributed by atoms with Gasteiger partial charge in [-0.05, 0) is 42.7 Å². The number of hydrogen-bond donors (Lipinski definition) is 2. The minimum absolute atomic E-state index is 0.0562. The molecule has 3 rings (SSSR count). The third kappa shape index (κ3) is 4.08. The highest BCUT2D eigenvalue weighted by Crippen LogP contribution is 2.27. The molecule has 3 aromatic rings. The number of fused-ring (bicyclic) bond motifs is 1. The Morgan fingerprint density at radius 1 is 1.08 bits per heavy atom. The summed E-state index contributed by atoms with van der Waals surface area (Å²) in [5, 5.41) is 6.20. The summed E-state index contributed by atoms with van der Waals surface area (Å²) in [6, 6.07) is 14.2. The van der Waals surface area contributed by atoms with Crippen LogP contribution in [0.15, 0.2) is 48.5 Å². The van der Waals surface area contributed by atoms with E-state index in [2.05, 4.69) is 15.6 Å². The van der Waals surface area contributed by atoms with Crippen LogP contribution in [0, 0.1) is 12.8 Å². The van der Waals surface area contributed by atoms with Crippen LogP contribution in [0.2, 0.25) is 0 Å². The van der Waals surface area contributed by atoms with Crippen LogP contribution in [-0.4, -0.2) is 22.8 Å². The van der Waals surface area contributed by atoms with Crippen molar-refractivity contribution in [1.29, 1.82) is 0 Å². The third-order valence-electron chi connectivity index (χ3n) is 4.05. The topological polar surface area (TPSA) is 71.1 Å². The Balaban J connectivity index is 1.74. The first kappa shape index (κ1) is 18.1. The molecule has 5 nitrogen and oxygen atoms in total. The maximum absolute atomic E-state index is 12.7. The number of aromatic nitrogens is 1. The zero-order valence-electron chi connectivity index (χ0n) is 14.9. The van der Waals surface area contributed by atoms with Crippen molar-refractivity contribution in [2.45, 2.75) is 26.8 Å². The number of aryl methyl sites for hydroxylation is 1. The number of thiazole rings is 1. The Bertz CT molecular complexity index is 935. The quantitative estimate of drug-likeness (QED) is 0.716. The minimum Gasteiger partial charge on any atom is -0.340 e. The monoisotopic (exact) mass is 367 g/mol. The van der Waals surface area contributed by atoms with Crippen LogP contribution >= 0.6 is 11.3 Å². The molecule has 0 aliphatic heterocycles. The van der Waals surface area contributed by atoms with E-state index < -0.39 is 6.04 Å². The number of nitrogens with one attached hydrogen (secondary N) is 2. The molecule has 0 spiro atoms. The molecule has 0 radical (unpaired) electrons. The van der Waals surface area contributed by atoms with Gasteiger partial charge in [0.15, 0.2) is 5.13 Å². The molecule has 2 N–H and O–H groups in total. The van der Waals surface area contributed by atoms with Crippen molar-refractivity contribution in [3.05, 3.63) is 59.7 Å². The van der Waals surface area contributed by atoms with E-state index in [4.69, 9.17) is 0 Å². The van der Waals surface area contributed by atoms with Gasteiger partial charge in [0.2, 0.25) is 5.91 Å². The van der Waals surface area contributed by atoms with Gasteiger partial charge in [-0.2, -0.15) is 0 Å². The molecule has 1 aromatic heterocycles. The molecule has 0 saturated heterocycles. The van der Waals surface area contributed by atoms with E-state index in [1.54, 1.807) is 24.3 Å². The summed E-state index contributed by atoms with van der Waals surface area (Å²) in [6.07, 6.45) is 0. The summed E-state index contributed by atoms with van der Waals surface area (Å²) in [5.41, 5.74) is 2.53. The fraction of sp³-hybridized carbons (Fsp3) is 0.250. The molecule has 6 heteroatoms. The molecule has 2 amide bonds. The van der Waals surface area contributed by atoms with E-state index in [1.807, 2.05) is 45.0 Å². The van der Waals surface area contributed by atoms with E-state index in [1.165, 1.54) is 11.3 Å². The number of carbonyl (C=O) groups is 2. The highest BCUT2D eigenvalue weighted by Gasteiger charge is 2.25. The first-order valence-corrected chi connectivity index (χ1v) is 9.29. The Labute approximate surface area is 156 Å². The molecule has 0 unspecified atom stereocenters. The summed E-state index contributed by atoms with van der Waals surface area (Å²) >= 11 is 1.43. The number of amides is 2. The first-order chi connectivity index (χ1) is 12.4. The second-order valence-electron chi connectivity index (χ2n) is 6.54. The van der Waals surface area contributed by atoms with E-state index in [0.29, 0.717) is 10.7 Å². The molecular weight excluding hydrogens is 346 g/mol. The van der Waals surface area contributed by atoms with E-state index in [0.717, 1.165) is 15.8 Å². The molecule has 0 bridgehead atoms. The number of anilines is 1. The van der Waals surface area contributed by atoms with Gasteiger partial charge >= 0.3 is 0 Å². The lowest BCUT2D eigenvalue weighted by Crippen LogP contribution is -2.47. The van der Waals surface area contributed by atoms with Crippen molar-refractivity contribution in [2.24, 2.45) is 5.92 Å². The lowest BCUT2D eigenvalue weighted by molar-refractivity contribution is -0.118. The maximum atomic E-state index is 12.7. The maximum Gasteiger partial charge on any atom is 0.251 e. The van der Waals surface area contributed by atoms with Crippen LogP contribution in [0.5, 0.6) is 0 Å². The number of nitrogens with zero attached hydrogens (tertiary/aromatic N) is 1. The number of benzene rings is 2. The van der Waals surface area contributed by atoms with Gasteiger partial charge in [-0.1, -0.05) is 49.4 Å². The van der Waals surface area contributed by atoms with Crippen molar-refractivity contribution in [2.75, 3.05) is 5.32 Å². The Morgan fingerprint density at radius 2 is 1.81 bits per heavy atom. The molecule has 1 heterocycles. The molecule has 0 saturated carbocycles. The fourth-order valence-corrected chi connectivity index (χ4v) is 3.58. The summed E-state index contributed by atoms with van der Waals surface area (Å²) in [5.74, 6) is -0.585. The average Bonchev–Trinajstić information content (AvgIpc) is 3.01. The third-order valence-corrected chi connectivity index (χ3v) is 4.98. The van der Waals surface area contributed by atoms with Gasteiger partial charge in [0, 0.05) is 5.56 Å².